The van der Waals surface area contributed by atoms with Crippen molar-refractivity contribution in [1.29, 1.82) is 0 Å². The maximum Gasteiger partial charge on any atom is 1.00 e. The zero-order valence-corrected chi connectivity index (χ0v) is 69.1. The maximum atomic E-state index is 13.0. The summed E-state index contributed by atoms with van der Waals surface area (Å²) in [5.74, 6) is 1.43. The molecule has 2 aliphatic heterocycles. The van der Waals surface area contributed by atoms with Gasteiger partial charge in [-0.2, -0.15) is 9.80 Å². The quantitative estimate of drug-likeness (QED) is 0.0378. The standard InChI is InChI=1S/C34H38N4O4.C24H22N4.C14H20ClN3O4.C4H4ClN3.CH2O3.2CH4O.ClH.Na/c1-33(2,3)41-31(39)38(32(40)42-34(4,5)6)30-17-16-29(35-36-30)25-14-15-27-26(19-25)20-37(7)21-28(27)24-13-12-22-10-8-9-11-23(22)18-24;1-28-14-20-13-19(23-10-11-24(25)27-26-23)8-9-21(20)22(15-28)18-7-6-16-4-2-3-5-17(16)12-18;1-13(2,3)21-11(19)18(12(20)22-14(4,5)6)10-8-7-9(15)16-17-10;5-3-1-2-4(6)8-7-3;2-1-4-3;2*1-2;;/h8-19,28H,20-21H2,1-7H3;2-13,22H,14-15H2,1H3,(H2,25,27);7-8H,1-6H3;1-2H,(H2,6,8);1,3H;2*2H,1H3;1H;/q;;;;;;;;+1/p-1/t28-;22-;;;;;;;/m00......./s1. The van der Waals surface area contributed by atoms with Crippen LogP contribution in [-0.4, -0.2) is 155 Å². The molecule has 2 aliphatic rings. The van der Waals surface area contributed by atoms with E-state index < -0.39 is 46.8 Å². The van der Waals surface area contributed by atoms with Gasteiger partial charge in [0, 0.05) is 63.4 Å². The topological polar surface area (TPSA) is 363 Å². The Balaban J connectivity index is 0.000000326. The van der Waals surface area contributed by atoms with Crippen molar-refractivity contribution in [2.45, 2.75) is 130 Å². The molecule has 580 valence electrons. The van der Waals surface area contributed by atoms with Crippen LogP contribution in [0.5, 0.6) is 0 Å². The fraction of sp³-hybridized carbons (Fsp3) is 0.329. The van der Waals surface area contributed by atoms with Gasteiger partial charge in [0.25, 0.3) is 6.47 Å². The number of benzene rings is 6. The van der Waals surface area contributed by atoms with Gasteiger partial charge in [0.05, 0.1) is 11.4 Å². The molecular formula is C79H94Cl3N14NaO13. The maximum absolute atomic E-state index is 13.0. The molecule has 10 aromatic rings. The number of imide groups is 2. The number of nitrogens with zero attached hydrogens (tertiary/aromatic N) is 12. The van der Waals surface area contributed by atoms with Gasteiger partial charge in [0.1, 0.15) is 34.0 Å². The van der Waals surface area contributed by atoms with E-state index in [2.05, 4.69) is 191 Å². The molecule has 0 saturated heterocycles. The van der Waals surface area contributed by atoms with Crippen LogP contribution >= 0.6 is 35.6 Å². The number of hydrogen-bond acceptors (Lipinski definition) is 25. The fourth-order valence-electron chi connectivity index (χ4n) is 11.0. The van der Waals surface area contributed by atoms with Crippen molar-refractivity contribution in [3.05, 3.63) is 214 Å². The first-order valence-electron chi connectivity index (χ1n) is 34.0. The van der Waals surface area contributed by atoms with Crippen LogP contribution < -0.4 is 56.1 Å². The zero-order chi connectivity index (χ0) is 79.8. The summed E-state index contributed by atoms with van der Waals surface area (Å²) in [4.78, 5) is 67.9. The number of carbonyl (C=O) groups excluding carboxylic acids is 5. The minimum absolute atomic E-state index is 0. The van der Waals surface area contributed by atoms with Gasteiger partial charge in [-0.25, -0.2) is 19.2 Å². The molecule has 6 N–H and O–H groups in total. The normalized spacial score (nSPS) is 13.6. The number of anilines is 4. The second-order valence-electron chi connectivity index (χ2n) is 28.4. The van der Waals surface area contributed by atoms with Crippen LogP contribution in [0.25, 0.3) is 44.1 Å². The summed E-state index contributed by atoms with van der Waals surface area (Å²) < 4.78 is 21.3. The van der Waals surface area contributed by atoms with Crippen molar-refractivity contribution in [2.24, 2.45) is 0 Å². The number of aliphatic hydroxyl groups excluding tert-OH is 2. The third-order valence-electron chi connectivity index (χ3n) is 15.3. The number of amides is 4. The Bertz CT molecular complexity index is 4550. The summed E-state index contributed by atoms with van der Waals surface area (Å²) in [5.41, 5.74) is 19.1. The molecule has 0 bridgehead atoms. The molecule has 0 fully saturated rings. The number of carbonyl (C=O) groups is 5. The van der Waals surface area contributed by atoms with Crippen molar-refractivity contribution in [3.63, 3.8) is 0 Å². The summed E-state index contributed by atoms with van der Waals surface area (Å²) in [5, 5.41) is 59.1. The predicted octanol–water partition coefficient (Wildman–Crippen LogP) is 11.6. The Morgan fingerprint density at radius 2 is 0.773 bits per heavy atom. The number of halogens is 3. The Morgan fingerprint density at radius 3 is 1.07 bits per heavy atom. The molecule has 12 rings (SSSR count). The zero-order valence-electron chi connectivity index (χ0n) is 64.8. The molecule has 0 spiro atoms. The van der Waals surface area contributed by atoms with E-state index in [1.807, 2.05) is 6.07 Å². The van der Waals surface area contributed by atoms with Crippen LogP contribution in [0.4, 0.5) is 42.4 Å². The Labute approximate surface area is 679 Å². The monoisotopic (exact) mass is 1570 g/mol. The third-order valence-corrected chi connectivity index (χ3v) is 15.7. The van der Waals surface area contributed by atoms with Crippen molar-refractivity contribution in [3.8, 4) is 22.5 Å². The van der Waals surface area contributed by atoms with Gasteiger partial charge >= 0.3 is 53.9 Å². The number of aliphatic hydroxyl groups is 2. The Kier molecular flexibility index (Phi) is 35.9. The molecule has 4 aromatic heterocycles. The van der Waals surface area contributed by atoms with Gasteiger partial charge in [0.15, 0.2) is 21.9 Å². The van der Waals surface area contributed by atoms with Gasteiger partial charge in [-0.1, -0.05) is 132 Å². The summed E-state index contributed by atoms with van der Waals surface area (Å²) in [6, 6.07) is 56.6. The minimum Gasteiger partial charge on any atom is -0.662 e. The van der Waals surface area contributed by atoms with Gasteiger partial charge in [-0.05, 0) is 213 Å². The van der Waals surface area contributed by atoms with Crippen LogP contribution in [0.15, 0.2) is 170 Å². The smallest absolute Gasteiger partial charge is 0.662 e. The number of ether oxygens (including phenoxy) is 4. The Hall–Kier alpha value is -9.62. The van der Waals surface area contributed by atoms with Gasteiger partial charge < -0.3 is 60.6 Å². The van der Waals surface area contributed by atoms with E-state index >= 15 is 0 Å². The van der Waals surface area contributed by atoms with Crippen LogP contribution in [-0.2, 0) is 41.7 Å². The molecule has 4 amide bonds. The summed E-state index contributed by atoms with van der Waals surface area (Å²) in [7, 11) is 6.33. The molecule has 0 saturated carbocycles. The van der Waals surface area contributed by atoms with E-state index in [4.69, 9.17) is 73.9 Å². The predicted molar refractivity (Wildman–Crippen MR) is 423 cm³/mol. The molecule has 2 atom stereocenters. The van der Waals surface area contributed by atoms with Crippen LogP contribution in [0.3, 0.4) is 0 Å². The van der Waals surface area contributed by atoms with Crippen molar-refractivity contribution >= 4 is 111 Å². The number of aromatic nitrogens is 8. The SMILES string of the molecule is CC(C)(C)OC(=O)N(C(=O)OC(C)(C)C)c1ccc(Cl)nn1.CN1Cc2cc(-c3ccc(N(C(=O)OC(C)(C)C)C(=O)OC(C)(C)C)nn3)ccc2[C@H](c2ccc3ccccc3c2)C1.CN1Cc2cc(-c3ccc(N)nn3)ccc2[C@H](c2ccc3ccccc3c2)C1.CO.CO.Cl.Nc1ccc(Cl)nn1.O=CO[O-].[Na+]. The molecule has 110 heavy (non-hydrogen) atoms. The van der Waals surface area contributed by atoms with Gasteiger partial charge in [-0.3, -0.25) is 4.79 Å². The minimum atomic E-state index is -0.904. The van der Waals surface area contributed by atoms with E-state index in [0.717, 1.165) is 62.1 Å². The number of fused-ring (bicyclic) bond motifs is 4. The second-order valence-corrected chi connectivity index (χ2v) is 29.2. The molecule has 31 heteroatoms. The molecule has 6 heterocycles. The average Bonchev–Trinajstić information content (AvgIpc) is 0.780. The van der Waals surface area contributed by atoms with E-state index in [1.54, 1.807) is 113 Å². The summed E-state index contributed by atoms with van der Waals surface area (Å²) >= 11 is 11.0. The van der Waals surface area contributed by atoms with Crippen LogP contribution in [0.2, 0.25) is 10.3 Å². The molecule has 0 unspecified atom stereocenters. The number of hydrogen-bond donors (Lipinski definition) is 4. The van der Waals surface area contributed by atoms with Gasteiger partial charge in [0.2, 0.25) is 0 Å². The van der Waals surface area contributed by atoms with Crippen molar-refractivity contribution < 1.29 is 92.8 Å². The summed E-state index contributed by atoms with van der Waals surface area (Å²) in [6.07, 6.45) is -3.57. The Morgan fingerprint density at radius 1 is 0.455 bits per heavy atom. The van der Waals surface area contributed by atoms with Crippen LogP contribution in [0, 0.1) is 0 Å². The van der Waals surface area contributed by atoms with Crippen LogP contribution in [0.1, 0.15) is 128 Å². The number of nitrogen functional groups attached to an aromatic ring is 2. The molecular weight excluding hydrogens is 1480 g/mol. The van der Waals surface area contributed by atoms with E-state index in [9.17, 15) is 19.2 Å². The van der Waals surface area contributed by atoms with Crippen molar-refractivity contribution in [1.82, 2.24) is 50.6 Å². The average molecular weight is 1580 g/mol. The van der Waals surface area contributed by atoms with E-state index in [-0.39, 0.29) is 71.1 Å². The summed E-state index contributed by atoms with van der Waals surface area (Å²) in [6.45, 7) is 24.0. The fourth-order valence-corrected chi connectivity index (χ4v) is 11.2. The molecule has 0 aliphatic carbocycles. The van der Waals surface area contributed by atoms with E-state index in [1.165, 1.54) is 67.1 Å². The first-order valence-corrected chi connectivity index (χ1v) is 34.7. The van der Waals surface area contributed by atoms with Gasteiger partial charge in [-0.15, -0.1) is 53.2 Å². The molecule has 27 nitrogen and oxygen atoms in total. The second kappa shape index (κ2) is 42.5. The molecule has 6 aromatic carbocycles. The van der Waals surface area contributed by atoms with Crippen molar-refractivity contribution in [2.75, 3.05) is 62.7 Å². The third kappa shape index (κ3) is 28.4. The van der Waals surface area contributed by atoms with E-state index in [0.29, 0.717) is 33.3 Å². The number of likely N-dealkylation sites (N-methyl/N-ethyl adjacent to an activating group) is 2. The number of rotatable bonds is 7. The molecule has 0 radical (unpaired) electrons. The largest absolute Gasteiger partial charge is 1.00 e. The first kappa shape index (κ1) is 92.8. The first-order chi connectivity index (χ1) is 51.0. The number of nitrogens with two attached hydrogens (primary N) is 2.